The van der Waals surface area contributed by atoms with Gasteiger partial charge in [-0.25, -0.2) is 4.79 Å². The molecule has 0 saturated carbocycles. The number of aliphatic hydroxyl groups is 2. The maximum Gasteiger partial charge on any atom is 0.335 e. The molecule has 0 radical (unpaired) electrons. The molecule has 1 heterocycles. The molecule has 6 atom stereocenters. The Labute approximate surface area is 506 Å². The third-order valence-electron chi connectivity index (χ3n) is 15.3. The van der Waals surface area contributed by atoms with Crippen molar-refractivity contribution < 1.29 is 58.2 Å². The van der Waals surface area contributed by atoms with Crippen molar-refractivity contribution in [2.45, 2.75) is 340 Å². The van der Waals surface area contributed by atoms with Crippen LogP contribution in [0, 0.1) is 0 Å². The van der Waals surface area contributed by atoms with Gasteiger partial charge in [0.2, 0.25) is 0 Å². The summed E-state index contributed by atoms with van der Waals surface area (Å²) < 4.78 is 28.6. The van der Waals surface area contributed by atoms with Crippen molar-refractivity contribution in [3.63, 3.8) is 0 Å². The van der Waals surface area contributed by atoms with E-state index in [4.69, 9.17) is 23.7 Å². The second-order valence-electron chi connectivity index (χ2n) is 23.1. The maximum absolute atomic E-state index is 13.2. The number of hydrogen-bond acceptors (Lipinski definition) is 11. The number of allylic oxidation sites excluding steroid dienone is 12. The highest BCUT2D eigenvalue weighted by Gasteiger charge is 2.50. The van der Waals surface area contributed by atoms with Gasteiger partial charge in [-0.15, -0.1) is 0 Å². The molecule has 1 saturated heterocycles. The van der Waals surface area contributed by atoms with Gasteiger partial charge in [0.1, 0.15) is 18.8 Å². The van der Waals surface area contributed by atoms with Crippen molar-refractivity contribution in [1.29, 1.82) is 0 Å². The van der Waals surface area contributed by atoms with Gasteiger partial charge in [0.15, 0.2) is 24.6 Å². The number of aliphatic carboxylic acids is 1. The normalized spacial score (nSPS) is 18.0. The first-order chi connectivity index (χ1) is 40.6. The van der Waals surface area contributed by atoms with E-state index in [1.54, 1.807) is 0 Å². The monoisotopic (exact) mass is 1170 g/mol. The van der Waals surface area contributed by atoms with E-state index in [2.05, 4.69) is 93.7 Å². The lowest BCUT2D eigenvalue weighted by Crippen LogP contribution is -2.61. The van der Waals surface area contributed by atoms with Gasteiger partial charge in [-0.3, -0.25) is 14.4 Å². The minimum absolute atomic E-state index is 0.0603. The first-order valence-electron chi connectivity index (χ1n) is 33.9. The fraction of sp³-hybridized carbons (Fsp3) is 0.775. The van der Waals surface area contributed by atoms with Crippen LogP contribution in [-0.4, -0.2) is 89.2 Å². The van der Waals surface area contributed by atoms with Gasteiger partial charge in [-0.1, -0.05) is 267 Å². The summed E-state index contributed by atoms with van der Waals surface area (Å²) in [6.07, 6.45) is 62.8. The lowest BCUT2D eigenvalue weighted by Gasteiger charge is -2.40. The third-order valence-corrected chi connectivity index (χ3v) is 15.3. The maximum atomic E-state index is 13.2. The van der Waals surface area contributed by atoms with Gasteiger partial charge in [0.05, 0.1) is 6.61 Å². The summed E-state index contributed by atoms with van der Waals surface area (Å²) in [4.78, 5) is 51.4. The summed E-state index contributed by atoms with van der Waals surface area (Å²) >= 11 is 0. The fourth-order valence-electron chi connectivity index (χ4n) is 10.1. The van der Waals surface area contributed by atoms with E-state index >= 15 is 0 Å². The van der Waals surface area contributed by atoms with Gasteiger partial charge in [-0.2, -0.15) is 0 Å². The zero-order valence-corrected chi connectivity index (χ0v) is 52.9. The highest BCUT2D eigenvalue weighted by Crippen LogP contribution is 2.27. The topological polar surface area (TPSA) is 175 Å². The molecule has 0 spiro atoms. The smallest absolute Gasteiger partial charge is 0.335 e. The van der Waals surface area contributed by atoms with Crippen LogP contribution in [-0.2, 0) is 42.9 Å². The molecular weight excluding hydrogens is 1040 g/mol. The van der Waals surface area contributed by atoms with Gasteiger partial charge < -0.3 is 39.0 Å². The fourth-order valence-corrected chi connectivity index (χ4v) is 10.1. The number of aliphatic hydroxyl groups excluding tert-OH is 2. The highest BCUT2D eigenvalue weighted by molar-refractivity contribution is 5.74. The second-order valence-corrected chi connectivity index (χ2v) is 23.1. The van der Waals surface area contributed by atoms with Gasteiger partial charge in [-0.05, 0) is 89.9 Å². The Kier molecular flexibility index (Phi) is 54.4. The SMILES string of the molecule is CC/C=C\C/C=C\C/C=C\CCCCCCCCCC(=O)OC(COC(=O)CCCCCCCC/C=C\C/C=C\C/C=C\CCCCC)COC1OC(C(=O)O)C(O)C(O)C1OC(=O)CCCCCCCCCCCCCCCCCCC. The Morgan fingerprint density at radius 1 is 0.410 bits per heavy atom. The van der Waals surface area contributed by atoms with Crippen LogP contribution in [0.3, 0.4) is 0 Å². The molecule has 1 rings (SSSR count). The highest BCUT2D eigenvalue weighted by atomic mass is 16.7. The predicted molar refractivity (Wildman–Crippen MR) is 340 cm³/mol. The zero-order chi connectivity index (χ0) is 60.3. The van der Waals surface area contributed by atoms with E-state index in [0.29, 0.717) is 19.3 Å². The Morgan fingerprint density at radius 2 is 0.759 bits per heavy atom. The number of carboxylic acid groups (broad SMARTS) is 1. The molecule has 0 aromatic heterocycles. The zero-order valence-electron chi connectivity index (χ0n) is 52.9. The predicted octanol–water partition coefficient (Wildman–Crippen LogP) is 18.5. The van der Waals surface area contributed by atoms with Crippen molar-refractivity contribution in [3.8, 4) is 0 Å². The van der Waals surface area contributed by atoms with E-state index in [1.807, 2.05) is 0 Å². The van der Waals surface area contributed by atoms with Crippen LogP contribution in [0.1, 0.15) is 303 Å². The molecule has 0 amide bonds. The third kappa shape index (κ3) is 48.0. The Bertz CT molecular complexity index is 1720. The van der Waals surface area contributed by atoms with Crippen LogP contribution < -0.4 is 0 Å². The summed E-state index contributed by atoms with van der Waals surface area (Å²) in [5, 5.41) is 31.6. The molecule has 478 valence electrons. The first kappa shape index (κ1) is 77.2. The molecule has 12 heteroatoms. The number of rotatable bonds is 58. The number of hydrogen-bond donors (Lipinski definition) is 3. The summed E-state index contributed by atoms with van der Waals surface area (Å²) in [7, 11) is 0. The molecule has 3 N–H and O–H groups in total. The molecule has 6 unspecified atom stereocenters. The lowest BCUT2D eigenvalue weighted by molar-refractivity contribution is -0.301. The summed E-state index contributed by atoms with van der Waals surface area (Å²) in [6, 6.07) is 0. The van der Waals surface area contributed by atoms with Crippen LogP contribution in [0.2, 0.25) is 0 Å². The number of carboxylic acids is 1. The molecule has 1 aliphatic rings. The molecule has 83 heavy (non-hydrogen) atoms. The van der Waals surface area contributed by atoms with Crippen molar-refractivity contribution in [2.75, 3.05) is 13.2 Å². The van der Waals surface area contributed by atoms with Crippen molar-refractivity contribution >= 4 is 23.9 Å². The van der Waals surface area contributed by atoms with E-state index in [1.165, 1.54) is 103 Å². The van der Waals surface area contributed by atoms with Crippen LogP contribution in [0.25, 0.3) is 0 Å². The molecule has 0 bridgehead atoms. The summed E-state index contributed by atoms with van der Waals surface area (Å²) in [5.74, 6) is -3.13. The number of unbranched alkanes of at least 4 members (excludes halogenated alkanes) is 32. The average molecular weight is 1170 g/mol. The minimum atomic E-state index is -1.91. The molecule has 12 nitrogen and oxygen atoms in total. The van der Waals surface area contributed by atoms with Crippen molar-refractivity contribution in [3.05, 3.63) is 72.9 Å². The second kappa shape index (κ2) is 58.5. The number of esters is 3. The number of carbonyl (C=O) groups excluding carboxylic acids is 3. The Hall–Kier alpha value is -3.84. The van der Waals surface area contributed by atoms with Crippen LogP contribution in [0.15, 0.2) is 72.9 Å². The Morgan fingerprint density at radius 3 is 1.18 bits per heavy atom. The molecule has 0 aromatic rings. The van der Waals surface area contributed by atoms with Crippen molar-refractivity contribution in [2.24, 2.45) is 0 Å². The average Bonchev–Trinajstić information content (AvgIpc) is 3.59. The molecular formula is C71H122O12. The first-order valence-corrected chi connectivity index (χ1v) is 33.9. The van der Waals surface area contributed by atoms with Gasteiger partial charge in [0.25, 0.3) is 0 Å². The molecule has 0 aliphatic carbocycles. The summed E-state index contributed by atoms with van der Waals surface area (Å²) in [6.45, 7) is 5.88. The van der Waals surface area contributed by atoms with Gasteiger partial charge >= 0.3 is 23.9 Å². The quantitative estimate of drug-likeness (QED) is 0.0228. The lowest BCUT2D eigenvalue weighted by atomic mass is 9.98. The molecule has 1 aliphatic heterocycles. The summed E-state index contributed by atoms with van der Waals surface area (Å²) in [5.41, 5.74) is 0. The van der Waals surface area contributed by atoms with Crippen LogP contribution >= 0.6 is 0 Å². The van der Waals surface area contributed by atoms with Crippen LogP contribution in [0.4, 0.5) is 0 Å². The van der Waals surface area contributed by atoms with Crippen LogP contribution in [0.5, 0.6) is 0 Å². The van der Waals surface area contributed by atoms with E-state index in [0.717, 1.165) is 141 Å². The van der Waals surface area contributed by atoms with E-state index < -0.39 is 67.3 Å². The molecule has 0 aromatic carbocycles. The number of carbonyl (C=O) groups is 4. The largest absolute Gasteiger partial charge is 0.479 e. The van der Waals surface area contributed by atoms with E-state index in [9.17, 15) is 34.5 Å². The molecule has 1 fully saturated rings. The van der Waals surface area contributed by atoms with Crippen molar-refractivity contribution in [1.82, 2.24) is 0 Å². The Balaban J connectivity index is 2.66. The van der Waals surface area contributed by atoms with E-state index in [-0.39, 0.29) is 25.9 Å². The number of ether oxygens (including phenoxy) is 5. The van der Waals surface area contributed by atoms with Gasteiger partial charge in [0, 0.05) is 19.3 Å². The standard InChI is InChI=1S/C71H122O12/c1-4-7-10-13-16-19-22-25-28-31-32-35-36-39-42-45-48-51-54-57-63(72)79-60-62(81-64(73)58-55-52-49-46-43-40-37-33-29-26-23-20-17-14-11-8-5-2)61-80-71-69(67(76)66(75)68(83-71)70(77)78)82-65(74)59-56-53-50-47-44-41-38-34-30-27-24-21-18-15-12-9-6-3/h8,11,16-17,19-20,25-26,28-29,32,35,62,66-69,71,75-76H,4-7,9-10,12-15,18,21-24,27,30-31,33-34,36-61H2,1-3H3,(H,77,78)/b11-8-,19-16-,20-17-,28-25-,29-26-,35-32-. The minimum Gasteiger partial charge on any atom is -0.479 e.